The number of rotatable bonds is 3. The zero-order valence-corrected chi connectivity index (χ0v) is 9.44. The molecule has 1 heterocycles. The first kappa shape index (κ1) is 13.3. The Morgan fingerprint density at radius 2 is 2.12 bits per heavy atom. The highest BCUT2D eigenvalue weighted by Gasteiger charge is 2.31. The number of pyridine rings is 1. The maximum atomic E-state index is 12.4. The lowest BCUT2D eigenvalue weighted by Gasteiger charge is -2.10. The third-order valence-electron chi connectivity index (χ3n) is 2.11. The Balaban J connectivity index is 2.91. The number of nitrogens with two attached hydrogens (primary N) is 1. The number of hydrogen-bond donors (Lipinski definition) is 1. The SMILES string of the molecule is C[C@@H](N)CCc1cc(C(F)(F)F)cnc1Cl. The lowest BCUT2D eigenvalue weighted by atomic mass is 10.1. The third kappa shape index (κ3) is 3.64. The van der Waals surface area contributed by atoms with Crippen LogP contribution in [0.1, 0.15) is 24.5 Å². The molecule has 0 bridgehead atoms. The van der Waals surface area contributed by atoms with Crippen molar-refractivity contribution in [3.05, 3.63) is 28.5 Å². The fraction of sp³-hybridized carbons (Fsp3) is 0.500. The summed E-state index contributed by atoms with van der Waals surface area (Å²) in [5, 5.41) is 0.105. The molecule has 0 amide bonds. The van der Waals surface area contributed by atoms with Crippen molar-refractivity contribution in [1.82, 2.24) is 4.98 Å². The minimum Gasteiger partial charge on any atom is -0.328 e. The molecule has 0 radical (unpaired) electrons. The van der Waals surface area contributed by atoms with Crippen LogP contribution in [-0.4, -0.2) is 11.0 Å². The molecular formula is C10H12ClF3N2. The van der Waals surface area contributed by atoms with Crippen molar-refractivity contribution in [2.45, 2.75) is 32.0 Å². The molecule has 1 aromatic heterocycles. The van der Waals surface area contributed by atoms with Crippen LogP contribution in [0.15, 0.2) is 12.3 Å². The van der Waals surface area contributed by atoms with Gasteiger partial charge in [-0.05, 0) is 31.4 Å². The number of nitrogens with zero attached hydrogens (tertiary/aromatic N) is 1. The Morgan fingerprint density at radius 3 is 2.62 bits per heavy atom. The molecule has 16 heavy (non-hydrogen) atoms. The lowest BCUT2D eigenvalue weighted by Crippen LogP contribution is -2.16. The van der Waals surface area contributed by atoms with Crippen LogP contribution in [-0.2, 0) is 12.6 Å². The molecule has 90 valence electrons. The van der Waals surface area contributed by atoms with Crippen LogP contribution in [0.2, 0.25) is 5.15 Å². The van der Waals surface area contributed by atoms with Crippen LogP contribution in [0.4, 0.5) is 13.2 Å². The van der Waals surface area contributed by atoms with E-state index < -0.39 is 11.7 Å². The molecule has 1 aromatic rings. The van der Waals surface area contributed by atoms with Crippen LogP contribution in [0.25, 0.3) is 0 Å². The predicted molar refractivity (Wildman–Crippen MR) is 56.2 cm³/mol. The molecule has 0 unspecified atom stereocenters. The first-order chi connectivity index (χ1) is 7.30. The van der Waals surface area contributed by atoms with Gasteiger partial charge < -0.3 is 5.73 Å². The normalized spacial score (nSPS) is 13.9. The van der Waals surface area contributed by atoms with Gasteiger partial charge in [-0.2, -0.15) is 13.2 Å². The van der Waals surface area contributed by atoms with E-state index in [2.05, 4.69) is 4.98 Å². The van der Waals surface area contributed by atoms with Crippen molar-refractivity contribution >= 4 is 11.6 Å². The smallest absolute Gasteiger partial charge is 0.328 e. The maximum Gasteiger partial charge on any atom is 0.417 e. The van der Waals surface area contributed by atoms with Gasteiger partial charge in [0.15, 0.2) is 0 Å². The van der Waals surface area contributed by atoms with E-state index in [4.69, 9.17) is 17.3 Å². The highest BCUT2D eigenvalue weighted by molar-refractivity contribution is 6.30. The minimum atomic E-state index is -4.39. The van der Waals surface area contributed by atoms with Gasteiger partial charge in [0.05, 0.1) is 5.56 Å². The Hall–Kier alpha value is -0.810. The molecule has 0 aliphatic carbocycles. The summed E-state index contributed by atoms with van der Waals surface area (Å²) in [4.78, 5) is 3.53. The molecule has 2 nitrogen and oxygen atoms in total. The topological polar surface area (TPSA) is 38.9 Å². The van der Waals surface area contributed by atoms with Crippen molar-refractivity contribution in [2.75, 3.05) is 0 Å². The highest BCUT2D eigenvalue weighted by Crippen LogP contribution is 2.30. The average molecular weight is 253 g/mol. The first-order valence-electron chi connectivity index (χ1n) is 4.78. The summed E-state index contributed by atoms with van der Waals surface area (Å²) in [6, 6.07) is 0.947. The quantitative estimate of drug-likeness (QED) is 0.840. The second-order valence-corrected chi connectivity index (χ2v) is 4.05. The van der Waals surface area contributed by atoms with Crippen molar-refractivity contribution in [2.24, 2.45) is 5.73 Å². The molecule has 0 saturated heterocycles. The molecule has 0 spiro atoms. The van der Waals surface area contributed by atoms with Crippen LogP contribution in [0.3, 0.4) is 0 Å². The molecule has 1 atom stereocenters. The summed E-state index contributed by atoms with van der Waals surface area (Å²) in [7, 11) is 0. The third-order valence-corrected chi connectivity index (χ3v) is 2.45. The van der Waals surface area contributed by atoms with Gasteiger partial charge >= 0.3 is 6.18 Å². The van der Waals surface area contributed by atoms with E-state index in [-0.39, 0.29) is 11.2 Å². The molecule has 0 saturated carbocycles. The Bertz CT molecular complexity index is 364. The second kappa shape index (κ2) is 5.01. The van der Waals surface area contributed by atoms with Crippen molar-refractivity contribution < 1.29 is 13.2 Å². The zero-order valence-electron chi connectivity index (χ0n) is 8.68. The first-order valence-corrected chi connectivity index (χ1v) is 5.15. The molecular weight excluding hydrogens is 241 g/mol. The molecule has 0 aliphatic rings. The summed E-state index contributed by atoms with van der Waals surface area (Å²) in [6.07, 6.45) is -2.69. The number of aryl methyl sites for hydroxylation is 1. The zero-order chi connectivity index (χ0) is 12.3. The fourth-order valence-corrected chi connectivity index (χ4v) is 1.41. The molecule has 6 heteroatoms. The predicted octanol–water partition coefficient (Wildman–Crippen LogP) is 3.03. The van der Waals surface area contributed by atoms with Gasteiger partial charge in [-0.1, -0.05) is 11.6 Å². The van der Waals surface area contributed by atoms with E-state index >= 15 is 0 Å². The summed E-state index contributed by atoms with van der Waals surface area (Å²) in [5.41, 5.74) is 5.13. The van der Waals surface area contributed by atoms with Gasteiger partial charge in [-0.15, -0.1) is 0 Å². The minimum absolute atomic E-state index is 0.0781. The van der Waals surface area contributed by atoms with E-state index in [0.29, 0.717) is 18.4 Å². The van der Waals surface area contributed by atoms with Crippen LogP contribution >= 0.6 is 11.6 Å². The highest BCUT2D eigenvalue weighted by atomic mass is 35.5. The summed E-state index contributed by atoms with van der Waals surface area (Å²) < 4.78 is 37.2. The van der Waals surface area contributed by atoms with Gasteiger partial charge in [0.1, 0.15) is 5.15 Å². The maximum absolute atomic E-state index is 12.4. The number of alkyl halides is 3. The van der Waals surface area contributed by atoms with Gasteiger partial charge in [0.2, 0.25) is 0 Å². The average Bonchev–Trinajstić information content (AvgIpc) is 2.14. The van der Waals surface area contributed by atoms with Crippen LogP contribution in [0.5, 0.6) is 0 Å². The largest absolute Gasteiger partial charge is 0.417 e. The van der Waals surface area contributed by atoms with E-state index in [1.54, 1.807) is 6.92 Å². The van der Waals surface area contributed by atoms with Gasteiger partial charge in [-0.3, -0.25) is 0 Å². The summed E-state index contributed by atoms with van der Waals surface area (Å²) >= 11 is 5.71. The van der Waals surface area contributed by atoms with Crippen LogP contribution < -0.4 is 5.73 Å². The standard InChI is InChI=1S/C10H12ClF3N2/c1-6(15)2-3-7-4-8(10(12,13)14)5-16-9(7)11/h4-6H,2-3,15H2,1H3/t6-/m1/s1. The van der Waals surface area contributed by atoms with Gasteiger partial charge in [-0.25, -0.2) is 4.98 Å². The number of hydrogen-bond acceptors (Lipinski definition) is 2. The number of halogens is 4. The van der Waals surface area contributed by atoms with Crippen molar-refractivity contribution in [3.63, 3.8) is 0 Å². The Kier molecular flexibility index (Phi) is 4.15. The van der Waals surface area contributed by atoms with Gasteiger partial charge in [0, 0.05) is 12.2 Å². The Labute approximate surface area is 96.6 Å². The lowest BCUT2D eigenvalue weighted by molar-refractivity contribution is -0.137. The molecule has 2 N–H and O–H groups in total. The number of aromatic nitrogens is 1. The van der Waals surface area contributed by atoms with E-state index in [1.807, 2.05) is 0 Å². The molecule has 0 aromatic carbocycles. The van der Waals surface area contributed by atoms with E-state index in [0.717, 1.165) is 12.3 Å². The molecule has 0 aliphatic heterocycles. The molecule has 0 fully saturated rings. The molecule has 1 rings (SSSR count). The monoisotopic (exact) mass is 252 g/mol. The fourth-order valence-electron chi connectivity index (χ4n) is 1.21. The van der Waals surface area contributed by atoms with Gasteiger partial charge in [0.25, 0.3) is 0 Å². The van der Waals surface area contributed by atoms with Crippen molar-refractivity contribution in [1.29, 1.82) is 0 Å². The van der Waals surface area contributed by atoms with E-state index in [1.165, 1.54) is 0 Å². The summed E-state index contributed by atoms with van der Waals surface area (Å²) in [5.74, 6) is 0. The van der Waals surface area contributed by atoms with Crippen molar-refractivity contribution in [3.8, 4) is 0 Å². The Morgan fingerprint density at radius 1 is 1.50 bits per heavy atom. The van der Waals surface area contributed by atoms with Crippen LogP contribution in [0, 0.1) is 0 Å². The van der Waals surface area contributed by atoms with E-state index in [9.17, 15) is 13.2 Å². The second-order valence-electron chi connectivity index (χ2n) is 3.69. The summed E-state index contributed by atoms with van der Waals surface area (Å²) in [6.45, 7) is 1.79.